The molecule has 0 aliphatic rings. The number of hydrogen-bond donors (Lipinski definition) is 1. The summed E-state index contributed by atoms with van der Waals surface area (Å²) in [6, 6.07) is 3.78. The van der Waals surface area contributed by atoms with E-state index in [2.05, 4.69) is 23.8 Å². The minimum Gasteiger partial charge on any atom is -0.313 e. The van der Waals surface area contributed by atoms with Gasteiger partial charge in [-0.3, -0.25) is 0 Å². The molecule has 1 aromatic heterocycles. The van der Waals surface area contributed by atoms with Crippen molar-refractivity contribution in [2.45, 2.75) is 11.9 Å². The highest BCUT2D eigenvalue weighted by molar-refractivity contribution is 7.99. The summed E-state index contributed by atoms with van der Waals surface area (Å²) in [4.78, 5) is 4.20. The minimum absolute atomic E-state index is 0.672. The van der Waals surface area contributed by atoms with Gasteiger partial charge in [0.25, 0.3) is 0 Å². The van der Waals surface area contributed by atoms with Crippen LogP contribution in [-0.2, 0) is 0 Å². The van der Waals surface area contributed by atoms with E-state index in [0.29, 0.717) is 5.02 Å². The lowest BCUT2D eigenvalue weighted by molar-refractivity contribution is 0.779. The second-order valence-electron chi connectivity index (χ2n) is 3.13. The van der Waals surface area contributed by atoms with Gasteiger partial charge in [-0.05, 0) is 18.7 Å². The molecular weight excluding hydrogens is 228 g/mol. The van der Waals surface area contributed by atoms with Gasteiger partial charge in [-0.25, -0.2) is 4.98 Å². The predicted octanol–water partition coefficient (Wildman–Crippen LogP) is 2.99. The molecule has 1 N–H and O–H groups in total. The Morgan fingerprint density at radius 2 is 2.40 bits per heavy atom. The number of rotatable bonds is 6. The summed E-state index contributed by atoms with van der Waals surface area (Å²) < 4.78 is 0. The normalized spacial score (nSPS) is 10.3. The van der Waals surface area contributed by atoms with Gasteiger partial charge in [0.15, 0.2) is 0 Å². The third-order valence-electron chi connectivity index (χ3n) is 1.75. The van der Waals surface area contributed by atoms with Gasteiger partial charge in [0.05, 0.1) is 10.0 Å². The summed E-state index contributed by atoms with van der Waals surface area (Å²) in [5.41, 5.74) is 1.18. The van der Waals surface area contributed by atoms with Crippen molar-refractivity contribution in [2.75, 3.05) is 18.8 Å². The Labute approximate surface area is 100 Å². The van der Waals surface area contributed by atoms with E-state index in [1.165, 1.54) is 5.57 Å². The molecular formula is C11H15ClN2S. The number of likely N-dealkylation sites (N-methyl/N-ethyl adjacent to an activating group) is 1. The molecule has 0 atom stereocenters. The first-order valence-electron chi connectivity index (χ1n) is 4.84. The van der Waals surface area contributed by atoms with Gasteiger partial charge in [-0.1, -0.05) is 30.7 Å². The lowest BCUT2D eigenvalue weighted by Crippen LogP contribution is -2.16. The second kappa shape index (κ2) is 6.88. The number of aromatic nitrogens is 1. The molecule has 4 heteroatoms. The van der Waals surface area contributed by atoms with Gasteiger partial charge >= 0.3 is 0 Å². The van der Waals surface area contributed by atoms with Crippen LogP contribution in [0.1, 0.15) is 6.92 Å². The van der Waals surface area contributed by atoms with Crippen molar-refractivity contribution in [3.8, 4) is 0 Å². The fourth-order valence-electron chi connectivity index (χ4n) is 0.976. The zero-order chi connectivity index (χ0) is 11.1. The van der Waals surface area contributed by atoms with Gasteiger partial charge in [-0.2, -0.15) is 0 Å². The van der Waals surface area contributed by atoms with Crippen molar-refractivity contribution in [3.05, 3.63) is 35.5 Å². The Balaban J connectivity index is 2.30. The molecule has 0 aliphatic heterocycles. The Bertz CT molecular complexity index is 311. The largest absolute Gasteiger partial charge is 0.313 e. The minimum atomic E-state index is 0.672. The van der Waals surface area contributed by atoms with E-state index in [1.54, 1.807) is 18.0 Å². The summed E-state index contributed by atoms with van der Waals surface area (Å²) in [5, 5.41) is 4.89. The molecule has 82 valence electrons. The molecule has 0 fully saturated rings. The van der Waals surface area contributed by atoms with Crippen LogP contribution < -0.4 is 5.32 Å². The van der Waals surface area contributed by atoms with Crippen molar-refractivity contribution in [2.24, 2.45) is 0 Å². The van der Waals surface area contributed by atoms with Crippen LogP contribution in [0.3, 0.4) is 0 Å². The molecule has 1 heterocycles. The van der Waals surface area contributed by atoms with Crippen LogP contribution in [0.5, 0.6) is 0 Å². The Morgan fingerprint density at radius 1 is 1.60 bits per heavy atom. The first-order chi connectivity index (χ1) is 7.22. The Morgan fingerprint density at radius 3 is 3.00 bits per heavy atom. The highest BCUT2D eigenvalue weighted by Crippen LogP contribution is 2.18. The lowest BCUT2D eigenvalue weighted by atomic mass is 10.3. The van der Waals surface area contributed by atoms with Crippen LogP contribution in [0.4, 0.5) is 0 Å². The molecule has 15 heavy (non-hydrogen) atoms. The average Bonchev–Trinajstić information content (AvgIpc) is 2.25. The summed E-state index contributed by atoms with van der Waals surface area (Å²) in [6.07, 6.45) is 1.66. The van der Waals surface area contributed by atoms with E-state index in [-0.39, 0.29) is 0 Å². The Kier molecular flexibility index (Phi) is 5.76. The van der Waals surface area contributed by atoms with Gasteiger partial charge < -0.3 is 5.32 Å². The number of nitrogens with one attached hydrogen (secondary N) is 1. The SMILES string of the molecule is C=C(CNCC)CSc1ccc(Cl)cn1. The van der Waals surface area contributed by atoms with E-state index < -0.39 is 0 Å². The maximum absolute atomic E-state index is 5.74. The zero-order valence-corrected chi connectivity index (χ0v) is 10.4. The second-order valence-corrected chi connectivity index (χ2v) is 4.57. The van der Waals surface area contributed by atoms with Gasteiger partial charge in [-0.15, -0.1) is 11.8 Å². The third-order valence-corrected chi connectivity index (χ3v) is 3.06. The van der Waals surface area contributed by atoms with Crippen LogP contribution in [0, 0.1) is 0 Å². The first-order valence-corrected chi connectivity index (χ1v) is 6.20. The topological polar surface area (TPSA) is 24.9 Å². The first kappa shape index (κ1) is 12.6. The molecule has 1 aromatic rings. The van der Waals surface area contributed by atoms with Crippen molar-refractivity contribution in [3.63, 3.8) is 0 Å². The quantitative estimate of drug-likeness (QED) is 0.613. The molecule has 2 nitrogen and oxygen atoms in total. The van der Waals surface area contributed by atoms with Crippen LogP contribution in [0.2, 0.25) is 5.02 Å². The van der Waals surface area contributed by atoms with Crippen LogP contribution in [-0.4, -0.2) is 23.8 Å². The van der Waals surface area contributed by atoms with Crippen molar-refractivity contribution in [1.29, 1.82) is 0 Å². The summed E-state index contributed by atoms with van der Waals surface area (Å²) in [6.45, 7) is 7.92. The van der Waals surface area contributed by atoms with Crippen molar-refractivity contribution >= 4 is 23.4 Å². The van der Waals surface area contributed by atoms with E-state index in [0.717, 1.165) is 23.9 Å². The van der Waals surface area contributed by atoms with Gasteiger partial charge in [0.1, 0.15) is 0 Å². The number of halogens is 1. The van der Waals surface area contributed by atoms with Crippen molar-refractivity contribution < 1.29 is 0 Å². The molecule has 0 unspecified atom stereocenters. The molecule has 0 spiro atoms. The summed E-state index contributed by atoms with van der Waals surface area (Å²) >= 11 is 7.42. The molecule has 0 bridgehead atoms. The molecule has 0 aromatic carbocycles. The predicted molar refractivity (Wildman–Crippen MR) is 67.7 cm³/mol. The number of pyridine rings is 1. The molecule has 0 saturated carbocycles. The van der Waals surface area contributed by atoms with Crippen LogP contribution in [0.25, 0.3) is 0 Å². The van der Waals surface area contributed by atoms with E-state index >= 15 is 0 Å². The highest BCUT2D eigenvalue weighted by atomic mass is 35.5. The number of hydrogen-bond acceptors (Lipinski definition) is 3. The van der Waals surface area contributed by atoms with Crippen molar-refractivity contribution in [1.82, 2.24) is 10.3 Å². The molecule has 0 saturated heterocycles. The molecule has 0 radical (unpaired) electrons. The van der Waals surface area contributed by atoms with Gasteiger partial charge in [0.2, 0.25) is 0 Å². The maximum atomic E-state index is 5.74. The molecule has 0 amide bonds. The fraction of sp³-hybridized carbons (Fsp3) is 0.364. The average molecular weight is 243 g/mol. The fourth-order valence-corrected chi connectivity index (χ4v) is 1.83. The zero-order valence-electron chi connectivity index (χ0n) is 8.79. The van der Waals surface area contributed by atoms with E-state index in [4.69, 9.17) is 11.6 Å². The number of thioether (sulfide) groups is 1. The smallest absolute Gasteiger partial charge is 0.0964 e. The summed E-state index contributed by atoms with van der Waals surface area (Å²) in [5.74, 6) is 0.891. The monoisotopic (exact) mass is 242 g/mol. The molecule has 1 rings (SSSR count). The van der Waals surface area contributed by atoms with E-state index in [1.807, 2.05) is 12.1 Å². The lowest BCUT2D eigenvalue weighted by Gasteiger charge is -2.05. The third kappa shape index (κ3) is 5.21. The summed E-state index contributed by atoms with van der Waals surface area (Å²) in [7, 11) is 0. The number of nitrogens with zero attached hydrogens (tertiary/aromatic N) is 1. The molecule has 0 aliphatic carbocycles. The van der Waals surface area contributed by atoms with Crippen LogP contribution in [0.15, 0.2) is 35.5 Å². The maximum Gasteiger partial charge on any atom is 0.0964 e. The highest BCUT2D eigenvalue weighted by Gasteiger charge is 1.98. The van der Waals surface area contributed by atoms with E-state index in [9.17, 15) is 0 Å². The standard InChI is InChI=1S/C11H15ClN2S/c1-3-13-6-9(2)8-15-11-5-4-10(12)7-14-11/h4-5,7,13H,2-3,6,8H2,1H3. The Hall–Kier alpha value is -0.510. The van der Waals surface area contributed by atoms with Gasteiger partial charge in [0, 0.05) is 18.5 Å². The van der Waals surface area contributed by atoms with Crippen LogP contribution >= 0.6 is 23.4 Å².